The van der Waals surface area contributed by atoms with Gasteiger partial charge in [0.15, 0.2) is 0 Å². The number of hydrogen-bond acceptors (Lipinski definition) is 4. The maximum Gasteiger partial charge on any atom is 0.326 e. The second kappa shape index (κ2) is 5.34. The van der Waals surface area contributed by atoms with Gasteiger partial charge in [-0.25, -0.2) is 0 Å². The van der Waals surface area contributed by atoms with Crippen molar-refractivity contribution in [2.75, 3.05) is 5.88 Å². The first-order valence-electron chi connectivity index (χ1n) is 3.85. The Hall–Kier alpha value is -1.04. The molecule has 0 spiro atoms. The van der Waals surface area contributed by atoms with E-state index in [2.05, 4.69) is 4.74 Å². The Labute approximate surface area is 105 Å². The van der Waals surface area contributed by atoms with Crippen molar-refractivity contribution in [1.29, 1.82) is 0 Å². The molecule has 0 N–H and O–H groups in total. The van der Waals surface area contributed by atoms with Crippen LogP contribution in [-0.2, 0) is 4.79 Å². The maximum absolute atomic E-state index is 10.9. The fraction of sp³-hybridized carbons (Fsp3) is 0.125. The van der Waals surface area contributed by atoms with E-state index in [1.54, 1.807) is 0 Å². The summed E-state index contributed by atoms with van der Waals surface area (Å²) in [5, 5.41) is 10.6. The zero-order valence-electron chi connectivity index (χ0n) is 7.58. The Kier molecular flexibility index (Phi) is 4.35. The lowest BCUT2D eigenvalue weighted by Crippen LogP contribution is -2.10. The van der Waals surface area contributed by atoms with Crippen molar-refractivity contribution in [2.45, 2.75) is 0 Å². The lowest BCUT2D eigenvalue weighted by Gasteiger charge is -2.05. The SMILES string of the molecule is O=C(CCl)Oc1c(Cl)cc(Cl)cc1[N+](=O)[O-]. The molecule has 1 rings (SSSR count). The average molecular weight is 284 g/mol. The van der Waals surface area contributed by atoms with E-state index in [0.29, 0.717) is 0 Å². The standard InChI is InChI=1S/C8H4Cl3NO4/c9-3-7(13)16-8-5(11)1-4(10)2-6(8)12(14)15/h1-2H,3H2. The summed E-state index contributed by atoms with van der Waals surface area (Å²) in [4.78, 5) is 20.8. The molecule has 0 fully saturated rings. The third-order valence-electron chi connectivity index (χ3n) is 1.51. The summed E-state index contributed by atoms with van der Waals surface area (Å²) in [6.07, 6.45) is 0. The minimum atomic E-state index is -0.839. The number of halogens is 3. The monoisotopic (exact) mass is 283 g/mol. The van der Waals surface area contributed by atoms with Gasteiger partial charge in [0.25, 0.3) is 0 Å². The molecular weight excluding hydrogens is 280 g/mol. The molecule has 0 aliphatic heterocycles. The van der Waals surface area contributed by atoms with E-state index < -0.39 is 22.5 Å². The number of nitro groups is 1. The molecular formula is C8H4Cl3NO4. The maximum atomic E-state index is 10.9. The molecule has 16 heavy (non-hydrogen) atoms. The fourth-order valence-electron chi connectivity index (χ4n) is 0.925. The van der Waals surface area contributed by atoms with Crippen LogP contribution in [0.4, 0.5) is 5.69 Å². The number of benzene rings is 1. The number of carbonyl (C=O) groups excluding carboxylic acids is 1. The number of nitrogens with zero attached hydrogens (tertiary/aromatic N) is 1. The van der Waals surface area contributed by atoms with E-state index in [0.717, 1.165) is 6.07 Å². The van der Waals surface area contributed by atoms with Crippen LogP contribution in [0.15, 0.2) is 12.1 Å². The summed E-state index contributed by atoms with van der Waals surface area (Å²) < 4.78 is 4.64. The van der Waals surface area contributed by atoms with Crippen molar-refractivity contribution in [3.63, 3.8) is 0 Å². The molecule has 0 saturated carbocycles. The van der Waals surface area contributed by atoms with Gasteiger partial charge < -0.3 is 4.74 Å². The van der Waals surface area contributed by atoms with Crippen LogP contribution in [0.3, 0.4) is 0 Å². The van der Waals surface area contributed by atoms with Gasteiger partial charge in [0.1, 0.15) is 5.88 Å². The summed E-state index contributed by atoms with van der Waals surface area (Å²) in [6, 6.07) is 2.26. The van der Waals surface area contributed by atoms with Crippen molar-refractivity contribution >= 4 is 46.5 Å². The molecule has 0 heterocycles. The van der Waals surface area contributed by atoms with E-state index in [1.165, 1.54) is 6.07 Å². The van der Waals surface area contributed by atoms with Crippen LogP contribution in [0.1, 0.15) is 0 Å². The lowest BCUT2D eigenvalue weighted by molar-refractivity contribution is -0.385. The van der Waals surface area contributed by atoms with Gasteiger partial charge in [0, 0.05) is 11.1 Å². The van der Waals surface area contributed by atoms with Gasteiger partial charge in [-0.05, 0) is 6.07 Å². The van der Waals surface area contributed by atoms with Crippen LogP contribution >= 0.6 is 34.8 Å². The molecule has 0 saturated heterocycles. The highest BCUT2D eigenvalue weighted by molar-refractivity contribution is 6.36. The lowest BCUT2D eigenvalue weighted by atomic mass is 10.3. The quantitative estimate of drug-likeness (QED) is 0.281. The topological polar surface area (TPSA) is 69.4 Å². The summed E-state index contributed by atoms with van der Waals surface area (Å²) in [5.41, 5.74) is -0.490. The minimum absolute atomic E-state index is 0.0716. The zero-order valence-corrected chi connectivity index (χ0v) is 9.84. The van der Waals surface area contributed by atoms with Crippen molar-refractivity contribution in [1.82, 2.24) is 0 Å². The molecule has 1 aromatic rings. The largest absolute Gasteiger partial charge is 0.417 e. The van der Waals surface area contributed by atoms with Crippen LogP contribution in [0.2, 0.25) is 10.0 Å². The van der Waals surface area contributed by atoms with Gasteiger partial charge in [0.05, 0.1) is 9.95 Å². The highest BCUT2D eigenvalue weighted by atomic mass is 35.5. The summed E-state index contributed by atoms with van der Waals surface area (Å²) in [7, 11) is 0. The Morgan fingerprint density at radius 3 is 2.56 bits per heavy atom. The number of rotatable bonds is 3. The zero-order chi connectivity index (χ0) is 12.3. The minimum Gasteiger partial charge on any atom is -0.417 e. The molecule has 0 aromatic heterocycles. The number of carbonyl (C=O) groups is 1. The molecule has 86 valence electrons. The van der Waals surface area contributed by atoms with Crippen molar-refractivity contribution in [3.05, 3.63) is 32.3 Å². The van der Waals surface area contributed by atoms with Crippen LogP contribution in [0.25, 0.3) is 0 Å². The third-order valence-corrected chi connectivity index (χ3v) is 2.23. The summed E-state index contributed by atoms with van der Waals surface area (Å²) in [5.74, 6) is -1.63. The summed E-state index contributed by atoms with van der Waals surface area (Å²) in [6.45, 7) is 0. The molecule has 0 bridgehead atoms. The Balaban J connectivity index is 3.24. The summed E-state index contributed by atoms with van der Waals surface area (Å²) >= 11 is 16.5. The second-order valence-corrected chi connectivity index (χ2v) is 3.71. The normalized spacial score (nSPS) is 9.94. The molecule has 0 unspecified atom stereocenters. The number of ether oxygens (including phenoxy) is 1. The Morgan fingerprint density at radius 2 is 2.06 bits per heavy atom. The van der Waals surface area contributed by atoms with E-state index >= 15 is 0 Å². The van der Waals surface area contributed by atoms with E-state index in [1.807, 2.05) is 0 Å². The highest BCUT2D eigenvalue weighted by Crippen LogP contribution is 2.37. The molecule has 0 radical (unpaired) electrons. The van der Waals surface area contributed by atoms with Crippen molar-refractivity contribution in [3.8, 4) is 5.75 Å². The van der Waals surface area contributed by atoms with Gasteiger partial charge in [-0.2, -0.15) is 0 Å². The van der Waals surface area contributed by atoms with E-state index in [4.69, 9.17) is 34.8 Å². The van der Waals surface area contributed by atoms with Gasteiger partial charge in [0.2, 0.25) is 5.75 Å². The third kappa shape index (κ3) is 2.98. The van der Waals surface area contributed by atoms with Crippen molar-refractivity contribution < 1.29 is 14.5 Å². The first-order chi connectivity index (χ1) is 7.45. The number of alkyl halides is 1. The Morgan fingerprint density at radius 1 is 1.44 bits per heavy atom. The average Bonchev–Trinajstić information content (AvgIpc) is 2.20. The first-order valence-corrected chi connectivity index (χ1v) is 5.15. The first kappa shape index (κ1) is 13.0. The second-order valence-electron chi connectivity index (χ2n) is 2.60. The predicted molar refractivity (Wildman–Crippen MR) is 59.5 cm³/mol. The molecule has 0 aliphatic rings. The van der Waals surface area contributed by atoms with Gasteiger partial charge in [-0.15, -0.1) is 11.6 Å². The number of hydrogen-bond donors (Lipinski definition) is 0. The van der Waals surface area contributed by atoms with E-state index in [9.17, 15) is 14.9 Å². The molecule has 8 heteroatoms. The number of nitro benzene ring substituents is 1. The Bertz CT molecular complexity index is 449. The predicted octanol–water partition coefficient (Wildman–Crippen LogP) is 3.05. The highest BCUT2D eigenvalue weighted by Gasteiger charge is 2.22. The molecule has 0 aliphatic carbocycles. The van der Waals surface area contributed by atoms with Gasteiger partial charge in [-0.1, -0.05) is 23.2 Å². The smallest absolute Gasteiger partial charge is 0.326 e. The molecule has 5 nitrogen and oxygen atoms in total. The van der Waals surface area contributed by atoms with Crippen LogP contribution in [0, 0.1) is 10.1 Å². The molecule has 0 atom stereocenters. The van der Waals surface area contributed by atoms with Crippen LogP contribution < -0.4 is 4.74 Å². The van der Waals surface area contributed by atoms with Gasteiger partial charge >= 0.3 is 11.7 Å². The van der Waals surface area contributed by atoms with Crippen LogP contribution in [-0.4, -0.2) is 16.8 Å². The fourth-order valence-corrected chi connectivity index (χ4v) is 1.50. The number of esters is 1. The van der Waals surface area contributed by atoms with Crippen LogP contribution in [0.5, 0.6) is 5.75 Å². The van der Waals surface area contributed by atoms with Gasteiger partial charge in [-0.3, -0.25) is 14.9 Å². The van der Waals surface area contributed by atoms with E-state index in [-0.39, 0.29) is 15.8 Å². The molecule has 0 amide bonds. The van der Waals surface area contributed by atoms with Crippen molar-refractivity contribution in [2.24, 2.45) is 0 Å². The molecule has 1 aromatic carbocycles.